The molecular formula is C22H26N4O4S. The fraction of sp³-hybridized carbons (Fsp3) is 0.273. The summed E-state index contributed by atoms with van der Waals surface area (Å²) in [6.07, 6.45) is 1.81. The Kier molecular flexibility index (Phi) is 8.95. The second-order valence-corrected chi connectivity index (χ2v) is 6.93. The van der Waals surface area contributed by atoms with Crippen LogP contribution in [0.15, 0.2) is 42.6 Å². The van der Waals surface area contributed by atoms with E-state index in [1.54, 1.807) is 14.2 Å². The standard InChI is InChI=1S/C22H26N4O2.O2S/c1-14-7-6-8-17(9-14)13-23-21-16(3)12-24-22(26-21)25-18-10-15(2)20(28-5)19(11-18)27-4;1-3-2/h6-12H,13H2,1-5H3,(H2,23,24,25,26);. The Labute approximate surface area is 185 Å². The van der Waals surface area contributed by atoms with Gasteiger partial charge in [0.1, 0.15) is 5.82 Å². The lowest BCUT2D eigenvalue weighted by Gasteiger charge is -2.14. The number of anilines is 3. The molecule has 0 amide bonds. The molecule has 1 aromatic heterocycles. The number of ether oxygens (including phenoxy) is 2. The van der Waals surface area contributed by atoms with Gasteiger partial charge in [0, 0.05) is 30.1 Å². The normalized spacial score (nSPS) is 9.84. The van der Waals surface area contributed by atoms with E-state index in [-0.39, 0.29) is 0 Å². The van der Waals surface area contributed by atoms with Crippen LogP contribution in [0.25, 0.3) is 0 Å². The van der Waals surface area contributed by atoms with Gasteiger partial charge in [0.2, 0.25) is 5.95 Å². The van der Waals surface area contributed by atoms with E-state index in [9.17, 15) is 0 Å². The molecule has 2 N–H and O–H groups in total. The zero-order valence-corrected chi connectivity index (χ0v) is 19.0. The summed E-state index contributed by atoms with van der Waals surface area (Å²) in [5.74, 6) is 2.70. The van der Waals surface area contributed by atoms with Crippen LogP contribution in [0.1, 0.15) is 22.3 Å². The monoisotopic (exact) mass is 442 g/mol. The second-order valence-electron chi connectivity index (χ2n) is 6.79. The average molecular weight is 443 g/mol. The zero-order valence-electron chi connectivity index (χ0n) is 18.2. The van der Waals surface area contributed by atoms with Crippen molar-refractivity contribution in [3.63, 3.8) is 0 Å². The number of nitrogens with one attached hydrogen (secondary N) is 2. The number of methoxy groups -OCH3 is 2. The van der Waals surface area contributed by atoms with Crippen LogP contribution in [0.3, 0.4) is 0 Å². The van der Waals surface area contributed by atoms with Gasteiger partial charge in [-0.05, 0) is 38.0 Å². The third kappa shape index (κ3) is 6.78. The van der Waals surface area contributed by atoms with Crippen molar-refractivity contribution in [1.29, 1.82) is 0 Å². The molecule has 0 saturated carbocycles. The molecule has 0 atom stereocenters. The van der Waals surface area contributed by atoms with Crippen molar-refractivity contribution in [3.8, 4) is 11.5 Å². The van der Waals surface area contributed by atoms with Gasteiger partial charge in [-0.25, -0.2) is 4.98 Å². The lowest BCUT2D eigenvalue weighted by molar-refractivity contribution is 0.353. The van der Waals surface area contributed by atoms with Gasteiger partial charge in [0.05, 0.1) is 14.2 Å². The highest BCUT2D eigenvalue weighted by atomic mass is 32.1. The number of aryl methyl sites for hydroxylation is 3. The lowest BCUT2D eigenvalue weighted by atomic mass is 10.1. The predicted octanol–water partition coefficient (Wildman–Crippen LogP) is 4.10. The minimum absolute atomic E-state index is 0.518. The molecule has 9 heteroatoms. The largest absolute Gasteiger partial charge is 0.493 e. The van der Waals surface area contributed by atoms with E-state index in [1.807, 2.05) is 32.2 Å². The highest BCUT2D eigenvalue weighted by Gasteiger charge is 2.11. The molecule has 0 spiro atoms. The Hall–Kier alpha value is -3.46. The van der Waals surface area contributed by atoms with E-state index in [2.05, 4.69) is 51.8 Å². The Balaban J connectivity index is 0.00000107. The van der Waals surface area contributed by atoms with Crippen molar-refractivity contribution in [3.05, 3.63) is 64.8 Å². The number of aromatic nitrogens is 2. The topological polar surface area (TPSA) is 102 Å². The van der Waals surface area contributed by atoms with Gasteiger partial charge < -0.3 is 20.1 Å². The molecule has 0 fully saturated rings. The smallest absolute Gasteiger partial charge is 0.335 e. The third-order valence-corrected chi connectivity index (χ3v) is 4.43. The summed E-state index contributed by atoms with van der Waals surface area (Å²) in [5, 5.41) is 6.65. The number of hydrogen-bond donors (Lipinski definition) is 2. The molecule has 0 radical (unpaired) electrons. The SMILES string of the molecule is COc1cc(Nc2ncc(C)c(NCc3cccc(C)c3)n2)cc(C)c1OC.O=S=O. The molecule has 1 heterocycles. The molecule has 31 heavy (non-hydrogen) atoms. The van der Waals surface area contributed by atoms with Gasteiger partial charge in [-0.2, -0.15) is 13.4 Å². The van der Waals surface area contributed by atoms with Crippen LogP contribution < -0.4 is 20.1 Å². The maximum atomic E-state index is 8.29. The molecular weight excluding hydrogens is 416 g/mol. The van der Waals surface area contributed by atoms with Crippen molar-refractivity contribution >= 4 is 29.0 Å². The molecule has 2 aromatic carbocycles. The molecule has 0 aliphatic carbocycles. The van der Waals surface area contributed by atoms with Crippen molar-refractivity contribution in [2.24, 2.45) is 0 Å². The van der Waals surface area contributed by atoms with Crippen molar-refractivity contribution in [2.75, 3.05) is 24.9 Å². The summed E-state index contributed by atoms with van der Waals surface area (Å²) < 4.78 is 27.4. The van der Waals surface area contributed by atoms with E-state index in [0.717, 1.165) is 28.4 Å². The second kappa shape index (κ2) is 11.7. The average Bonchev–Trinajstić information content (AvgIpc) is 2.74. The Morgan fingerprint density at radius 3 is 2.39 bits per heavy atom. The molecule has 0 saturated heterocycles. The number of rotatable bonds is 7. The fourth-order valence-corrected chi connectivity index (χ4v) is 3.05. The predicted molar refractivity (Wildman–Crippen MR) is 122 cm³/mol. The summed E-state index contributed by atoms with van der Waals surface area (Å²) in [4.78, 5) is 9.02. The van der Waals surface area contributed by atoms with Gasteiger partial charge in [-0.15, -0.1) is 0 Å². The van der Waals surface area contributed by atoms with E-state index < -0.39 is 11.6 Å². The van der Waals surface area contributed by atoms with Crippen molar-refractivity contribution in [1.82, 2.24) is 9.97 Å². The van der Waals surface area contributed by atoms with E-state index >= 15 is 0 Å². The van der Waals surface area contributed by atoms with Crippen LogP contribution in [-0.4, -0.2) is 32.6 Å². The molecule has 3 rings (SSSR count). The van der Waals surface area contributed by atoms with Gasteiger partial charge >= 0.3 is 11.6 Å². The Morgan fingerprint density at radius 1 is 1.00 bits per heavy atom. The molecule has 3 aromatic rings. The lowest BCUT2D eigenvalue weighted by Crippen LogP contribution is -2.06. The van der Waals surface area contributed by atoms with Crippen molar-refractivity contribution < 1.29 is 17.9 Å². The minimum Gasteiger partial charge on any atom is -0.493 e. The summed E-state index contributed by atoms with van der Waals surface area (Å²) in [6.45, 7) is 6.75. The third-order valence-electron chi connectivity index (χ3n) is 4.43. The first kappa shape index (κ1) is 23.8. The first-order valence-electron chi connectivity index (χ1n) is 9.46. The molecule has 0 aliphatic rings. The maximum Gasteiger partial charge on any atom is 0.335 e. The number of hydrogen-bond acceptors (Lipinski definition) is 8. The van der Waals surface area contributed by atoms with Gasteiger partial charge in [0.15, 0.2) is 11.5 Å². The number of nitrogens with zero attached hydrogens (tertiary/aromatic N) is 2. The first-order valence-corrected chi connectivity index (χ1v) is 10.1. The fourth-order valence-electron chi connectivity index (χ4n) is 3.05. The van der Waals surface area contributed by atoms with Crippen LogP contribution in [0.5, 0.6) is 11.5 Å². The summed E-state index contributed by atoms with van der Waals surface area (Å²) in [7, 11) is 3.25. The van der Waals surface area contributed by atoms with E-state index in [0.29, 0.717) is 18.2 Å². The molecule has 0 aliphatic heterocycles. The minimum atomic E-state index is -0.750. The Morgan fingerprint density at radius 2 is 1.74 bits per heavy atom. The summed E-state index contributed by atoms with van der Waals surface area (Å²) in [6, 6.07) is 12.3. The molecule has 8 nitrogen and oxygen atoms in total. The molecule has 0 bridgehead atoms. The highest BCUT2D eigenvalue weighted by molar-refractivity contribution is 7.51. The van der Waals surface area contributed by atoms with Crippen LogP contribution in [0.4, 0.5) is 17.5 Å². The van der Waals surface area contributed by atoms with Crippen LogP contribution in [0.2, 0.25) is 0 Å². The quantitative estimate of drug-likeness (QED) is 0.564. The Bertz CT molecular complexity index is 1070. The van der Waals surface area contributed by atoms with Gasteiger partial charge in [0.25, 0.3) is 0 Å². The van der Waals surface area contributed by atoms with Gasteiger partial charge in [-0.1, -0.05) is 29.8 Å². The van der Waals surface area contributed by atoms with E-state index in [4.69, 9.17) is 17.9 Å². The zero-order chi connectivity index (χ0) is 22.8. The van der Waals surface area contributed by atoms with Crippen LogP contribution in [0, 0.1) is 20.8 Å². The maximum absolute atomic E-state index is 8.29. The summed E-state index contributed by atoms with van der Waals surface area (Å²) in [5.41, 5.74) is 5.24. The van der Waals surface area contributed by atoms with Crippen molar-refractivity contribution in [2.45, 2.75) is 27.3 Å². The van der Waals surface area contributed by atoms with Crippen LogP contribution in [-0.2, 0) is 18.1 Å². The number of benzene rings is 2. The van der Waals surface area contributed by atoms with Gasteiger partial charge in [-0.3, -0.25) is 0 Å². The summed E-state index contributed by atoms with van der Waals surface area (Å²) >= 11 is -0.750. The van der Waals surface area contributed by atoms with Crippen LogP contribution >= 0.6 is 0 Å². The van der Waals surface area contributed by atoms with E-state index in [1.165, 1.54) is 11.1 Å². The highest BCUT2D eigenvalue weighted by Crippen LogP contribution is 2.34. The molecule has 164 valence electrons. The first-order chi connectivity index (χ1) is 14.9. The molecule has 0 unspecified atom stereocenters.